The van der Waals surface area contributed by atoms with Gasteiger partial charge in [-0.15, -0.1) is 5.10 Å². The van der Waals surface area contributed by atoms with Gasteiger partial charge in [0.15, 0.2) is 34.5 Å². The molecular formula is C20H21ClF4N6O4. The Morgan fingerprint density at radius 2 is 2.06 bits per heavy atom. The zero-order valence-electron chi connectivity index (χ0n) is 18.8. The van der Waals surface area contributed by atoms with Crippen LogP contribution in [0.5, 0.6) is 5.88 Å². The van der Waals surface area contributed by atoms with Crippen molar-refractivity contribution in [1.29, 1.82) is 0 Å². The van der Waals surface area contributed by atoms with Crippen molar-refractivity contribution in [3.63, 3.8) is 0 Å². The second kappa shape index (κ2) is 10.2. The van der Waals surface area contributed by atoms with Crippen molar-refractivity contribution >= 4 is 17.4 Å². The largest absolute Gasteiger partial charge is 0.464 e. The fourth-order valence-corrected chi connectivity index (χ4v) is 3.41. The number of ketones is 1. The lowest BCUT2D eigenvalue weighted by molar-refractivity contribution is -0.190. The zero-order chi connectivity index (χ0) is 26.1. The molecule has 0 bridgehead atoms. The molecule has 1 atom stereocenters. The molecule has 190 valence electrons. The number of halogens is 5. The van der Waals surface area contributed by atoms with E-state index in [1.807, 2.05) is 0 Å². The topological polar surface area (TPSA) is 128 Å². The number of aliphatic hydroxyl groups excluding tert-OH is 1. The van der Waals surface area contributed by atoms with E-state index in [2.05, 4.69) is 20.3 Å². The SMILES string of the molecule is CCCn1c(CO)nn(-c2nc(O[C@@H](C)C(F)(F)F)c(C(=O)Cc3c(Cl)n[nH]c3C)cc2F)c1=O. The first kappa shape index (κ1) is 26.3. The number of Topliss-reactive ketones (excluding diaryl/α,β-unsaturated/α-hetero) is 1. The van der Waals surface area contributed by atoms with Crippen LogP contribution in [-0.2, 0) is 19.6 Å². The van der Waals surface area contributed by atoms with Gasteiger partial charge in [0, 0.05) is 24.2 Å². The van der Waals surface area contributed by atoms with Gasteiger partial charge < -0.3 is 9.84 Å². The molecule has 0 saturated carbocycles. The molecular weight excluding hydrogens is 500 g/mol. The lowest BCUT2D eigenvalue weighted by atomic mass is 10.0. The summed E-state index contributed by atoms with van der Waals surface area (Å²) in [5, 5.41) is 19.6. The molecule has 3 rings (SSSR count). The molecule has 10 nitrogen and oxygen atoms in total. The minimum atomic E-state index is -4.83. The second-order valence-corrected chi connectivity index (χ2v) is 7.94. The van der Waals surface area contributed by atoms with Gasteiger partial charge in [0.25, 0.3) is 0 Å². The molecule has 0 aliphatic heterocycles. The number of nitrogens with one attached hydrogen (secondary N) is 1. The molecule has 0 aliphatic carbocycles. The van der Waals surface area contributed by atoms with Crippen molar-refractivity contribution in [3.8, 4) is 11.7 Å². The van der Waals surface area contributed by atoms with Crippen molar-refractivity contribution in [2.45, 2.75) is 59.0 Å². The van der Waals surface area contributed by atoms with Gasteiger partial charge in [0.1, 0.15) is 6.61 Å². The maximum atomic E-state index is 15.1. The summed E-state index contributed by atoms with van der Waals surface area (Å²) in [6.45, 7) is 3.50. The number of carbonyl (C=O) groups is 1. The highest BCUT2D eigenvalue weighted by Gasteiger charge is 2.39. The van der Waals surface area contributed by atoms with Gasteiger partial charge in [0.2, 0.25) is 5.88 Å². The summed E-state index contributed by atoms with van der Waals surface area (Å²) in [5.41, 5.74) is -0.776. The van der Waals surface area contributed by atoms with Crippen LogP contribution in [-0.4, -0.2) is 52.7 Å². The van der Waals surface area contributed by atoms with Crippen molar-refractivity contribution in [2.75, 3.05) is 0 Å². The van der Waals surface area contributed by atoms with Crippen molar-refractivity contribution in [3.05, 3.63) is 50.2 Å². The van der Waals surface area contributed by atoms with Crippen LogP contribution in [0.15, 0.2) is 10.9 Å². The van der Waals surface area contributed by atoms with Crippen LogP contribution in [0.3, 0.4) is 0 Å². The van der Waals surface area contributed by atoms with E-state index in [4.69, 9.17) is 16.3 Å². The minimum absolute atomic E-state index is 0.0309. The highest BCUT2D eigenvalue weighted by atomic mass is 35.5. The lowest BCUT2D eigenvalue weighted by Crippen LogP contribution is -2.32. The number of H-pyrrole nitrogens is 1. The highest BCUT2D eigenvalue weighted by molar-refractivity contribution is 6.30. The smallest absolute Gasteiger partial charge is 0.425 e. The summed E-state index contributed by atoms with van der Waals surface area (Å²) in [6, 6.07) is 0.621. The highest BCUT2D eigenvalue weighted by Crippen LogP contribution is 2.29. The Hall–Kier alpha value is -3.26. The molecule has 0 saturated heterocycles. The maximum Gasteiger partial charge on any atom is 0.425 e. The molecule has 15 heteroatoms. The molecule has 0 spiro atoms. The van der Waals surface area contributed by atoms with E-state index < -0.39 is 59.9 Å². The quantitative estimate of drug-likeness (QED) is 0.328. The molecule has 3 heterocycles. The number of carbonyl (C=O) groups excluding carboxylic acids is 1. The number of pyridine rings is 1. The summed E-state index contributed by atoms with van der Waals surface area (Å²) >= 11 is 5.94. The van der Waals surface area contributed by atoms with Crippen LogP contribution in [0.1, 0.15) is 47.7 Å². The van der Waals surface area contributed by atoms with Crippen LogP contribution in [0.2, 0.25) is 5.15 Å². The number of aliphatic hydroxyl groups is 1. The zero-order valence-corrected chi connectivity index (χ0v) is 19.5. The third kappa shape index (κ3) is 5.37. The van der Waals surface area contributed by atoms with Crippen LogP contribution >= 0.6 is 11.6 Å². The summed E-state index contributed by atoms with van der Waals surface area (Å²) in [4.78, 5) is 29.4. The monoisotopic (exact) mass is 520 g/mol. The number of nitrogens with zero attached hydrogens (tertiary/aromatic N) is 5. The number of hydrogen-bond donors (Lipinski definition) is 2. The Labute approximate surface area is 200 Å². The minimum Gasteiger partial charge on any atom is -0.464 e. The van der Waals surface area contributed by atoms with Gasteiger partial charge in [-0.2, -0.15) is 27.9 Å². The van der Waals surface area contributed by atoms with E-state index in [1.165, 1.54) is 0 Å². The second-order valence-electron chi connectivity index (χ2n) is 7.59. The van der Waals surface area contributed by atoms with Crippen molar-refractivity contribution < 1.29 is 32.2 Å². The number of aryl methyl sites for hydroxylation is 1. The van der Waals surface area contributed by atoms with Crippen LogP contribution in [0, 0.1) is 12.7 Å². The Morgan fingerprint density at radius 3 is 2.60 bits per heavy atom. The van der Waals surface area contributed by atoms with E-state index in [0.29, 0.717) is 29.8 Å². The van der Waals surface area contributed by atoms with Crippen LogP contribution in [0.4, 0.5) is 17.6 Å². The first-order chi connectivity index (χ1) is 16.4. The van der Waals surface area contributed by atoms with E-state index >= 15 is 4.39 Å². The molecule has 3 aromatic heterocycles. The van der Waals surface area contributed by atoms with Crippen LogP contribution < -0.4 is 10.4 Å². The average Bonchev–Trinajstić information content (AvgIpc) is 3.27. The Bertz CT molecular complexity index is 1280. The van der Waals surface area contributed by atoms with E-state index in [1.54, 1.807) is 13.8 Å². The van der Waals surface area contributed by atoms with Gasteiger partial charge in [-0.1, -0.05) is 18.5 Å². The predicted octanol–water partition coefficient (Wildman–Crippen LogP) is 2.91. The molecule has 3 aromatic rings. The molecule has 0 radical (unpaired) electrons. The summed E-state index contributed by atoms with van der Waals surface area (Å²) in [7, 11) is 0. The molecule has 0 fully saturated rings. The molecule has 0 amide bonds. The van der Waals surface area contributed by atoms with Gasteiger partial charge in [-0.25, -0.2) is 9.18 Å². The standard InChI is InChI=1S/C20H21ClF4N6O4/c1-4-5-30-15(8-32)29-31(19(30)34)17-13(22)6-12(18(26-17)35-10(3)20(23,24)25)14(33)7-11-9(2)27-28-16(11)21/h6,10,32H,4-5,7-8H2,1-3H3,(H,27,28)/t10-/m0/s1. The Morgan fingerprint density at radius 1 is 1.37 bits per heavy atom. The van der Waals surface area contributed by atoms with E-state index in [-0.39, 0.29) is 23.1 Å². The number of hydrogen-bond acceptors (Lipinski definition) is 7. The number of alkyl halides is 3. The molecule has 0 unspecified atom stereocenters. The fourth-order valence-electron chi connectivity index (χ4n) is 3.16. The van der Waals surface area contributed by atoms with Crippen molar-refractivity contribution in [2.24, 2.45) is 0 Å². The Kier molecular flexibility index (Phi) is 7.65. The maximum absolute atomic E-state index is 15.1. The van der Waals surface area contributed by atoms with E-state index in [9.17, 15) is 27.9 Å². The lowest BCUT2D eigenvalue weighted by Gasteiger charge is -2.19. The number of aromatic nitrogens is 6. The van der Waals surface area contributed by atoms with Crippen molar-refractivity contribution in [1.82, 2.24) is 29.5 Å². The van der Waals surface area contributed by atoms with E-state index in [0.717, 1.165) is 4.57 Å². The Balaban J connectivity index is 2.15. The summed E-state index contributed by atoms with van der Waals surface area (Å²) < 4.78 is 61.1. The normalized spacial score (nSPS) is 12.7. The van der Waals surface area contributed by atoms with Gasteiger partial charge in [-0.3, -0.25) is 14.5 Å². The third-order valence-electron chi connectivity index (χ3n) is 5.06. The molecule has 0 aromatic carbocycles. The van der Waals surface area contributed by atoms with Gasteiger partial charge in [-0.05, 0) is 26.3 Å². The summed E-state index contributed by atoms with van der Waals surface area (Å²) in [5.74, 6) is -3.81. The predicted molar refractivity (Wildman–Crippen MR) is 114 cm³/mol. The first-order valence-electron chi connectivity index (χ1n) is 10.3. The third-order valence-corrected chi connectivity index (χ3v) is 5.37. The average molecular weight is 521 g/mol. The van der Waals surface area contributed by atoms with Gasteiger partial charge >= 0.3 is 11.9 Å². The molecule has 0 aliphatic rings. The van der Waals surface area contributed by atoms with Gasteiger partial charge in [0.05, 0.1) is 5.56 Å². The number of ether oxygens (including phenoxy) is 1. The summed E-state index contributed by atoms with van der Waals surface area (Å²) in [6.07, 6.45) is -7.19. The number of aromatic amines is 1. The molecule has 2 N–H and O–H groups in total. The number of rotatable bonds is 9. The first-order valence-corrected chi connectivity index (χ1v) is 10.7. The van der Waals surface area contributed by atoms with Crippen LogP contribution in [0.25, 0.3) is 5.82 Å². The molecule has 35 heavy (non-hydrogen) atoms. The fraction of sp³-hybridized carbons (Fsp3) is 0.450.